The van der Waals surface area contributed by atoms with Crippen LogP contribution >= 0.6 is 0 Å². The highest BCUT2D eigenvalue weighted by Gasteiger charge is 2.52. The Morgan fingerprint density at radius 3 is 2.11 bits per heavy atom. The van der Waals surface area contributed by atoms with Crippen LogP contribution in [0, 0.1) is 5.41 Å². The molecule has 1 unspecified atom stereocenters. The maximum Gasteiger partial charge on any atom is 0.118 e. The van der Waals surface area contributed by atoms with Crippen molar-refractivity contribution in [2.45, 2.75) is 47.0 Å². The molecule has 0 bridgehead atoms. The summed E-state index contributed by atoms with van der Waals surface area (Å²) >= 11 is 0. The molecule has 4 rings (SSSR count). The molecule has 0 heterocycles. The van der Waals surface area contributed by atoms with Crippen LogP contribution in [-0.4, -0.2) is 7.11 Å². The predicted octanol–water partition coefficient (Wildman–Crippen LogP) is 7.55. The molecule has 1 nitrogen and oxygen atoms in total. The highest BCUT2D eigenvalue weighted by atomic mass is 16.5. The van der Waals surface area contributed by atoms with E-state index >= 15 is 0 Å². The van der Waals surface area contributed by atoms with Crippen molar-refractivity contribution in [3.05, 3.63) is 82.4 Å². The lowest BCUT2D eigenvalue weighted by Gasteiger charge is -2.32. The van der Waals surface area contributed by atoms with Crippen molar-refractivity contribution < 1.29 is 4.74 Å². The number of methoxy groups -OCH3 is 1. The maximum atomic E-state index is 5.41. The van der Waals surface area contributed by atoms with Gasteiger partial charge in [-0.1, -0.05) is 68.8 Å². The van der Waals surface area contributed by atoms with Crippen molar-refractivity contribution in [1.82, 2.24) is 0 Å². The topological polar surface area (TPSA) is 9.23 Å². The summed E-state index contributed by atoms with van der Waals surface area (Å²) in [6.07, 6.45) is 5.61. The Kier molecular flexibility index (Phi) is 4.79. The van der Waals surface area contributed by atoms with Crippen LogP contribution in [0.15, 0.2) is 65.8 Å². The third-order valence-electron chi connectivity index (χ3n) is 6.71. The van der Waals surface area contributed by atoms with Crippen LogP contribution in [-0.2, 0) is 0 Å². The third-order valence-corrected chi connectivity index (χ3v) is 6.71. The first-order chi connectivity index (χ1) is 13.7. The molecule has 144 valence electrons. The van der Waals surface area contributed by atoms with Gasteiger partial charge in [0.05, 0.1) is 7.11 Å². The number of allylic oxidation sites excluding steroid dienone is 6. The molecule has 2 aliphatic rings. The van der Waals surface area contributed by atoms with Gasteiger partial charge in [-0.25, -0.2) is 0 Å². The van der Waals surface area contributed by atoms with E-state index in [2.05, 4.69) is 82.3 Å². The van der Waals surface area contributed by atoms with Crippen LogP contribution in [0.1, 0.15) is 63.6 Å². The van der Waals surface area contributed by atoms with Gasteiger partial charge in [-0.3, -0.25) is 0 Å². The van der Waals surface area contributed by atoms with Crippen LogP contribution < -0.4 is 4.74 Å². The number of rotatable bonds is 5. The lowest BCUT2D eigenvalue weighted by Crippen LogP contribution is -2.19. The number of fused-ring (bicyclic) bond motifs is 3. The minimum atomic E-state index is 0.0216. The van der Waals surface area contributed by atoms with Gasteiger partial charge in [-0.2, -0.15) is 0 Å². The summed E-state index contributed by atoms with van der Waals surface area (Å²) < 4.78 is 5.41. The largest absolute Gasteiger partial charge is 0.497 e. The van der Waals surface area contributed by atoms with Crippen molar-refractivity contribution in [3.8, 4) is 5.75 Å². The van der Waals surface area contributed by atoms with Gasteiger partial charge in [0.2, 0.25) is 0 Å². The first-order valence-corrected chi connectivity index (χ1v) is 10.6. The molecule has 0 amide bonds. The zero-order chi connectivity index (χ0) is 19.9. The molecular weight excluding hydrogens is 340 g/mol. The molecule has 0 fully saturated rings. The van der Waals surface area contributed by atoms with Crippen LogP contribution in [0.25, 0.3) is 16.7 Å². The average molecular weight is 371 g/mol. The fourth-order valence-corrected chi connectivity index (χ4v) is 5.72. The van der Waals surface area contributed by atoms with Crippen molar-refractivity contribution >= 4 is 16.7 Å². The van der Waals surface area contributed by atoms with Gasteiger partial charge >= 0.3 is 0 Å². The molecule has 28 heavy (non-hydrogen) atoms. The summed E-state index contributed by atoms with van der Waals surface area (Å²) in [5.41, 5.74) is 11.8. The summed E-state index contributed by atoms with van der Waals surface area (Å²) in [4.78, 5) is 0. The van der Waals surface area contributed by atoms with Crippen molar-refractivity contribution in [2.75, 3.05) is 7.11 Å². The lowest BCUT2D eigenvalue weighted by atomic mass is 9.70. The molecule has 0 N–H and O–H groups in total. The van der Waals surface area contributed by atoms with E-state index in [0.717, 1.165) is 25.0 Å². The average Bonchev–Trinajstić information content (AvgIpc) is 3.20. The van der Waals surface area contributed by atoms with Gasteiger partial charge in [0.25, 0.3) is 0 Å². The van der Waals surface area contributed by atoms with Crippen LogP contribution in [0.2, 0.25) is 0 Å². The van der Waals surface area contributed by atoms with Gasteiger partial charge in [0.15, 0.2) is 0 Å². The van der Waals surface area contributed by atoms with E-state index in [1.165, 1.54) is 33.4 Å². The standard InChI is InChI=1S/C27H30O/c1-6-20-23(7-2)27(9-4)24(8-3)21-12-10-11-13-22(21)26(27)25(20)18-14-16-19(28-5)17-15-18/h8,10-17H,6-7,9H2,1-5H3/b24-8+. The Morgan fingerprint density at radius 1 is 0.893 bits per heavy atom. The highest BCUT2D eigenvalue weighted by molar-refractivity contribution is 6.15. The molecule has 0 aromatic heterocycles. The van der Waals surface area contributed by atoms with Crippen molar-refractivity contribution in [3.63, 3.8) is 0 Å². The van der Waals surface area contributed by atoms with E-state index in [0.29, 0.717) is 0 Å². The van der Waals surface area contributed by atoms with E-state index in [1.807, 2.05) is 0 Å². The van der Waals surface area contributed by atoms with Crippen LogP contribution in [0.3, 0.4) is 0 Å². The second-order valence-corrected chi connectivity index (χ2v) is 7.65. The SMILES string of the molecule is C/C=C1\c2ccccc2C2=C(c3ccc(OC)cc3)C(CC)=C(CC)C21CC. The second kappa shape index (κ2) is 7.13. The maximum absolute atomic E-state index is 5.41. The van der Waals surface area contributed by atoms with Gasteiger partial charge in [-0.15, -0.1) is 0 Å². The van der Waals surface area contributed by atoms with Gasteiger partial charge < -0.3 is 4.74 Å². The molecule has 0 saturated carbocycles. The minimum absolute atomic E-state index is 0.0216. The van der Waals surface area contributed by atoms with Crippen molar-refractivity contribution in [1.29, 1.82) is 0 Å². The Balaban J connectivity index is 2.11. The molecule has 0 radical (unpaired) electrons. The Morgan fingerprint density at radius 2 is 1.57 bits per heavy atom. The molecule has 1 heteroatoms. The normalized spacial score (nSPS) is 22.1. The highest BCUT2D eigenvalue weighted by Crippen LogP contribution is 2.68. The molecule has 2 aromatic carbocycles. The van der Waals surface area contributed by atoms with Crippen LogP contribution in [0.5, 0.6) is 5.75 Å². The predicted molar refractivity (Wildman–Crippen MR) is 120 cm³/mol. The van der Waals surface area contributed by atoms with E-state index in [4.69, 9.17) is 4.74 Å². The number of hydrogen-bond acceptors (Lipinski definition) is 1. The van der Waals surface area contributed by atoms with Gasteiger partial charge in [0.1, 0.15) is 5.75 Å². The Labute approximate surface area is 169 Å². The smallest absolute Gasteiger partial charge is 0.118 e. The zero-order valence-electron chi connectivity index (χ0n) is 17.7. The number of benzene rings is 2. The van der Waals surface area contributed by atoms with E-state index in [9.17, 15) is 0 Å². The molecule has 0 spiro atoms. The minimum Gasteiger partial charge on any atom is -0.497 e. The molecule has 2 aromatic rings. The van der Waals surface area contributed by atoms with E-state index in [1.54, 1.807) is 18.3 Å². The first-order valence-electron chi connectivity index (χ1n) is 10.6. The molecule has 0 saturated heterocycles. The molecular formula is C27H30O. The fraction of sp³-hybridized carbons (Fsp3) is 0.333. The lowest BCUT2D eigenvalue weighted by molar-refractivity contribution is 0.415. The van der Waals surface area contributed by atoms with Crippen LogP contribution in [0.4, 0.5) is 0 Å². The Bertz CT molecular complexity index is 1000. The van der Waals surface area contributed by atoms with E-state index in [-0.39, 0.29) is 5.41 Å². The molecule has 0 aliphatic heterocycles. The summed E-state index contributed by atoms with van der Waals surface area (Å²) in [6.45, 7) is 9.19. The third kappa shape index (κ3) is 2.32. The summed E-state index contributed by atoms with van der Waals surface area (Å²) in [6, 6.07) is 17.6. The zero-order valence-corrected chi connectivity index (χ0v) is 17.7. The molecule has 1 atom stereocenters. The second-order valence-electron chi connectivity index (χ2n) is 7.65. The van der Waals surface area contributed by atoms with Gasteiger partial charge in [-0.05, 0) is 77.3 Å². The monoisotopic (exact) mass is 370 g/mol. The summed E-state index contributed by atoms with van der Waals surface area (Å²) in [5, 5.41) is 0. The summed E-state index contributed by atoms with van der Waals surface area (Å²) in [5.74, 6) is 0.910. The van der Waals surface area contributed by atoms with Gasteiger partial charge in [0, 0.05) is 5.41 Å². The van der Waals surface area contributed by atoms with E-state index < -0.39 is 0 Å². The quantitative estimate of drug-likeness (QED) is 0.528. The number of ether oxygens (including phenoxy) is 1. The Hall–Kier alpha value is -2.54. The fourth-order valence-electron chi connectivity index (χ4n) is 5.72. The molecule has 2 aliphatic carbocycles. The number of hydrogen-bond donors (Lipinski definition) is 0. The first kappa shape index (κ1) is 18.8. The van der Waals surface area contributed by atoms with Crippen molar-refractivity contribution in [2.24, 2.45) is 5.41 Å². The summed E-state index contributed by atoms with van der Waals surface area (Å²) in [7, 11) is 1.73.